The number of amides is 1. The van der Waals surface area contributed by atoms with Crippen LogP contribution in [-0.2, 0) is 15.7 Å². The SMILES string of the molecule is CCOC(=O)c1ccc(NC(=O)CNc2cccc(C(F)(F)F)c2)cc1. The number of hydrogen-bond donors (Lipinski definition) is 2. The number of carbonyl (C=O) groups is 2. The molecule has 0 aliphatic rings. The van der Waals surface area contributed by atoms with Crippen LogP contribution < -0.4 is 10.6 Å². The molecule has 0 radical (unpaired) electrons. The van der Waals surface area contributed by atoms with Gasteiger partial charge >= 0.3 is 12.1 Å². The zero-order chi connectivity index (χ0) is 19.2. The number of hydrogen-bond acceptors (Lipinski definition) is 4. The number of carbonyl (C=O) groups excluding carboxylic acids is 2. The van der Waals surface area contributed by atoms with Gasteiger partial charge < -0.3 is 15.4 Å². The van der Waals surface area contributed by atoms with Crippen LogP contribution >= 0.6 is 0 Å². The first-order valence-electron chi connectivity index (χ1n) is 7.77. The summed E-state index contributed by atoms with van der Waals surface area (Å²) in [4.78, 5) is 23.4. The number of alkyl halides is 3. The minimum Gasteiger partial charge on any atom is -0.462 e. The van der Waals surface area contributed by atoms with Crippen molar-refractivity contribution in [3.63, 3.8) is 0 Å². The quantitative estimate of drug-likeness (QED) is 0.760. The Morgan fingerprint density at radius 1 is 1.04 bits per heavy atom. The first-order valence-corrected chi connectivity index (χ1v) is 7.77. The Morgan fingerprint density at radius 3 is 2.35 bits per heavy atom. The largest absolute Gasteiger partial charge is 0.462 e. The molecule has 0 atom stereocenters. The Labute approximate surface area is 148 Å². The molecule has 138 valence electrons. The molecule has 0 heterocycles. The zero-order valence-corrected chi connectivity index (χ0v) is 13.9. The molecule has 0 aliphatic carbocycles. The summed E-state index contributed by atoms with van der Waals surface area (Å²) in [6, 6.07) is 10.7. The number of esters is 1. The third kappa shape index (κ3) is 5.51. The van der Waals surface area contributed by atoms with E-state index in [1.54, 1.807) is 6.92 Å². The lowest BCUT2D eigenvalue weighted by Gasteiger charge is -2.11. The molecule has 0 unspecified atom stereocenters. The summed E-state index contributed by atoms with van der Waals surface area (Å²) in [5.41, 5.74) is 0.200. The van der Waals surface area contributed by atoms with Gasteiger partial charge in [0.05, 0.1) is 24.3 Å². The molecule has 0 aliphatic heterocycles. The van der Waals surface area contributed by atoms with Gasteiger partial charge in [-0.3, -0.25) is 4.79 Å². The van der Waals surface area contributed by atoms with E-state index in [4.69, 9.17) is 4.74 Å². The first-order chi connectivity index (χ1) is 12.3. The summed E-state index contributed by atoms with van der Waals surface area (Å²) in [6.45, 7) is 1.75. The van der Waals surface area contributed by atoms with Crippen LogP contribution in [0.15, 0.2) is 48.5 Å². The van der Waals surface area contributed by atoms with Crippen molar-refractivity contribution in [1.82, 2.24) is 0 Å². The van der Waals surface area contributed by atoms with Crippen molar-refractivity contribution in [1.29, 1.82) is 0 Å². The molecular weight excluding hydrogens is 349 g/mol. The topological polar surface area (TPSA) is 67.4 Å². The molecule has 0 fully saturated rings. The van der Waals surface area contributed by atoms with E-state index in [0.29, 0.717) is 11.3 Å². The second-order valence-electron chi connectivity index (χ2n) is 5.28. The van der Waals surface area contributed by atoms with Gasteiger partial charge in [0, 0.05) is 11.4 Å². The number of anilines is 2. The summed E-state index contributed by atoms with van der Waals surface area (Å²) >= 11 is 0. The van der Waals surface area contributed by atoms with Gasteiger partial charge in [0.15, 0.2) is 0 Å². The number of ether oxygens (including phenoxy) is 1. The fourth-order valence-corrected chi connectivity index (χ4v) is 2.10. The molecule has 8 heteroatoms. The smallest absolute Gasteiger partial charge is 0.416 e. The van der Waals surface area contributed by atoms with Gasteiger partial charge in [0.25, 0.3) is 0 Å². The highest BCUT2D eigenvalue weighted by atomic mass is 19.4. The fraction of sp³-hybridized carbons (Fsp3) is 0.222. The van der Waals surface area contributed by atoms with Crippen LogP contribution in [-0.4, -0.2) is 25.0 Å². The van der Waals surface area contributed by atoms with Crippen LogP contribution in [0.5, 0.6) is 0 Å². The van der Waals surface area contributed by atoms with Crippen molar-refractivity contribution >= 4 is 23.3 Å². The van der Waals surface area contributed by atoms with Crippen LogP contribution in [0.4, 0.5) is 24.5 Å². The highest BCUT2D eigenvalue weighted by Gasteiger charge is 2.30. The minimum absolute atomic E-state index is 0.188. The Hall–Kier alpha value is -3.03. The van der Waals surface area contributed by atoms with Crippen LogP contribution in [0.25, 0.3) is 0 Å². The van der Waals surface area contributed by atoms with Crippen LogP contribution in [0.3, 0.4) is 0 Å². The lowest BCUT2D eigenvalue weighted by Crippen LogP contribution is -2.22. The summed E-state index contributed by atoms with van der Waals surface area (Å²) in [5.74, 6) is -0.900. The van der Waals surface area contributed by atoms with Crippen LogP contribution in [0.2, 0.25) is 0 Å². The predicted molar refractivity (Wildman–Crippen MR) is 91.0 cm³/mol. The van der Waals surface area contributed by atoms with E-state index in [-0.39, 0.29) is 18.8 Å². The highest BCUT2D eigenvalue weighted by molar-refractivity contribution is 5.95. The molecule has 0 saturated carbocycles. The molecule has 5 nitrogen and oxygen atoms in total. The van der Waals surface area contributed by atoms with Crippen molar-refractivity contribution in [2.24, 2.45) is 0 Å². The lowest BCUT2D eigenvalue weighted by molar-refractivity contribution is -0.137. The Balaban J connectivity index is 1.90. The standard InChI is InChI=1S/C18H17F3N2O3/c1-2-26-17(25)12-6-8-14(9-7-12)23-16(24)11-22-15-5-3-4-13(10-15)18(19,20)21/h3-10,22H,2,11H2,1H3,(H,23,24). The Kier molecular flexibility index (Phi) is 6.21. The van der Waals surface area contributed by atoms with Crippen molar-refractivity contribution in [3.8, 4) is 0 Å². The van der Waals surface area contributed by atoms with Gasteiger partial charge in [0.2, 0.25) is 5.91 Å². The molecular formula is C18H17F3N2O3. The summed E-state index contributed by atoms with van der Waals surface area (Å²) < 4.78 is 42.8. The van der Waals surface area contributed by atoms with Crippen molar-refractivity contribution in [2.75, 3.05) is 23.8 Å². The molecule has 0 aromatic heterocycles. The maximum atomic E-state index is 12.7. The molecule has 1 amide bonds. The molecule has 0 spiro atoms. The van der Waals surface area contributed by atoms with Gasteiger partial charge in [-0.05, 0) is 49.4 Å². The summed E-state index contributed by atoms with van der Waals surface area (Å²) in [6.07, 6.45) is -4.44. The number of benzene rings is 2. The average molecular weight is 366 g/mol. The Bertz CT molecular complexity index is 774. The van der Waals surface area contributed by atoms with Gasteiger partial charge in [-0.2, -0.15) is 13.2 Å². The molecule has 0 saturated heterocycles. The van der Waals surface area contributed by atoms with Crippen molar-refractivity contribution < 1.29 is 27.5 Å². The molecule has 2 N–H and O–H groups in total. The summed E-state index contributed by atoms with van der Waals surface area (Å²) in [7, 11) is 0. The predicted octanol–water partition coefficient (Wildman–Crippen LogP) is 3.93. The normalized spacial score (nSPS) is 10.9. The van der Waals surface area contributed by atoms with E-state index in [1.807, 2.05) is 0 Å². The van der Waals surface area contributed by atoms with E-state index in [9.17, 15) is 22.8 Å². The van der Waals surface area contributed by atoms with Gasteiger partial charge in [-0.1, -0.05) is 6.07 Å². The van der Waals surface area contributed by atoms with Crippen molar-refractivity contribution in [2.45, 2.75) is 13.1 Å². The van der Waals surface area contributed by atoms with E-state index in [0.717, 1.165) is 12.1 Å². The van der Waals surface area contributed by atoms with E-state index in [1.165, 1.54) is 36.4 Å². The van der Waals surface area contributed by atoms with Crippen LogP contribution in [0, 0.1) is 0 Å². The molecule has 0 bridgehead atoms. The second-order valence-corrected chi connectivity index (χ2v) is 5.28. The summed E-state index contributed by atoms with van der Waals surface area (Å²) in [5, 5.41) is 5.22. The van der Waals surface area contributed by atoms with Gasteiger partial charge in [0.1, 0.15) is 0 Å². The number of rotatable bonds is 6. The zero-order valence-electron chi connectivity index (χ0n) is 13.9. The monoisotopic (exact) mass is 366 g/mol. The van der Waals surface area contributed by atoms with E-state index >= 15 is 0 Å². The Morgan fingerprint density at radius 2 is 1.73 bits per heavy atom. The molecule has 2 aromatic rings. The maximum Gasteiger partial charge on any atom is 0.416 e. The molecule has 2 aromatic carbocycles. The number of nitrogens with one attached hydrogen (secondary N) is 2. The first kappa shape index (κ1) is 19.3. The fourth-order valence-electron chi connectivity index (χ4n) is 2.10. The molecule has 26 heavy (non-hydrogen) atoms. The maximum absolute atomic E-state index is 12.7. The minimum atomic E-state index is -4.44. The number of halogens is 3. The highest BCUT2D eigenvalue weighted by Crippen LogP contribution is 2.30. The van der Waals surface area contributed by atoms with Gasteiger partial charge in [-0.25, -0.2) is 4.79 Å². The van der Waals surface area contributed by atoms with Crippen LogP contribution in [0.1, 0.15) is 22.8 Å². The third-order valence-electron chi connectivity index (χ3n) is 3.32. The van der Waals surface area contributed by atoms with E-state index < -0.39 is 23.6 Å². The van der Waals surface area contributed by atoms with Gasteiger partial charge in [-0.15, -0.1) is 0 Å². The average Bonchev–Trinajstić information content (AvgIpc) is 2.60. The lowest BCUT2D eigenvalue weighted by atomic mass is 10.2. The third-order valence-corrected chi connectivity index (χ3v) is 3.32. The second kappa shape index (κ2) is 8.37. The van der Waals surface area contributed by atoms with E-state index in [2.05, 4.69) is 10.6 Å². The van der Waals surface area contributed by atoms with Crippen molar-refractivity contribution in [3.05, 3.63) is 59.7 Å². The molecule has 2 rings (SSSR count).